The van der Waals surface area contributed by atoms with Crippen molar-refractivity contribution in [2.24, 2.45) is 0 Å². The lowest BCUT2D eigenvalue weighted by atomic mass is 10.3. The van der Waals surface area contributed by atoms with Crippen LogP contribution in [0.3, 0.4) is 0 Å². The van der Waals surface area contributed by atoms with Crippen molar-refractivity contribution in [2.45, 2.75) is 38.3 Å². The monoisotopic (exact) mass is 270 g/mol. The van der Waals surface area contributed by atoms with Crippen LogP contribution in [0.2, 0.25) is 0 Å². The Morgan fingerprint density at radius 2 is 1.37 bits per heavy atom. The van der Waals surface area contributed by atoms with Crippen LogP contribution in [0.5, 0.6) is 0 Å². The summed E-state index contributed by atoms with van der Waals surface area (Å²) >= 11 is 0. The Kier molecular flexibility index (Phi) is 4.99. The second kappa shape index (κ2) is 6.52. The molecule has 0 aromatic carbocycles. The average Bonchev–Trinajstić information content (AvgIpc) is 3.27. The molecule has 2 fully saturated rings. The molecule has 0 aromatic rings. The van der Waals surface area contributed by atoms with Gasteiger partial charge in [-0.1, -0.05) is 13.2 Å². The second-order valence-corrected chi connectivity index (χ2v) is 4.90. The van der Waals surface area contributed by atoms with E-state index in [1.54, 1.807) is 0 Å². The molecule has 0 amide bonds. The van der Waals surface area contributed by atoms with Gasteiger partial charge in [0.25, 0.3) is 0 Å². The molecule has 0 N–H and O–H groups in total. The summed E-state index contributed by atoms with van der Waals surface area (Å²) in [7, 11) is 0. The minimum absolute atomic E-state index is 0.195. The van der Waals surface area contributed by atoms with Crippen molar-refractivity contribution >= 4 is 0 Å². The molecule has 0 radical (unpaired) electrons. The van der Waals surface area contributed by atoms with Gasteiger partial charge in [-0.05, 0) is 13.8 Å². The Hall–Kier alpha value is -0.880. The van der Waals surface area contributed by atoms with E-state index in [4.69, 9.17) is 23.7 Å². The summed E-state index contributed by atoms with van der Waals surface area (Å²) in [6, 6.07) is 0. The normalized spacial score (nSPS) is 27.5. The molecule has 2 heterocycles. The first-order valence-corrected chi connectivity index (χ1v) is 6.58. The Balaban J connectivity index is 1.62. The minimum atomic E-state index is -0.195. The van der Waals surface area contributed by atoms with Gasteiger partial charge in [-0.3, -0.25) is 0 Å². The minimum Gasteiger partial charge on any atom is -0.462 e. The molecule has 0 bridgehead atoms. The van der Waals surface area contributed by atoms with Crippen LogP contribution in [0.15, 0.2) is 24.7 Å². The van der Waals surface area contributed by atoms with Gasteiger partial charge in [0.2, 0.25) is 0 Å². The summed E-state index contributed by atoms with van der Waals surface area (Å²) < 4.78 is 26.8. The summed E-state index contributed by atoms with van der Waals surface area (Å²) in [5, 5.41) is 0. The molecule has 19 heavy (non-hydrogen) atoms. The highest BCUT2D eigenvalue weighted by molar-refractivity contribution is 5.01. The Morgan fingerprint density at radius 3 is 1.68 bits per heavy atom. The van der Waals surface area contributed by atoms with E-state index >= 15 is 0 Å². The Morgan fingerprint density at radius 1 is 1.00 bits per heavy atom. The first-order chi connectivity index (χ1) is 9.06. The zero-order valence-electron chi connectivity index (χ0n) is 11.6. The molecule has 108 valence electrons. The molecule has 4 atom stereocenters. The van der Waals surface area contributed by atoms with Crippen LogP contribution in [-0.4, -0.2) is 50.8 Å². The van der Waals surface area contributed by atoms with E-state index in [9.17, 15) is 0 Å². The number of hydrogen-bond acceptors (Lipinski definition) is 5. The molecule has 0 aromatic heterocycles. The topological polar surface area (TPSA) is 52.8 Å². The third-order valence-electron chi connectivity index (χ3n) is 3.04. The van der Waals surface area contributed by atoms with Crippen LogP contribution in [0.4, 0.5) is 0 Å². The summed E-state index contributed by atoms with van der Waals surface area (Å²) in [5.74, 6) is 1.06. The molecule has 0 spiro atoms. The van der Waals surface area contributed by atoms with Crippen LogP contribution >= 0.6 is 0 Å². The number of ether oxygens (including phenoxy) is 5. The first kappa shape index (κ1) is 14.5. The summed E-state index contributed by atoms with van der Waals surface area (Å²) in [6.45, 7) is 14.2. The lowest BCUT2D eigenvalue weighted by Gasteiger charge is -2.20. The highest BCUT2D eigenvalue weighted by Gasteiger charge is 2.26. The predicted octanol–water partition coefficient (Wildman–Crippen LogP) is 1.64. The van der Waals surface area contributed by atoms with Crippen LogP contribution in [0.1, 0.15) is 13.8 Å². The van der Waals surface area contributed by atoms with Gasteiger partial charge in [-0.2, -0.15) is 0 Å². The van der Waals surface area contributed by atoms with E-state index < -0.39 is 0 Å². The number of epoxide rings is 2. The third-order valence-corrected chi connectivity index (χ3v) is 3.04. The molecule has 5 heteroatoms. The van der Waals surface area contributed by atoms with E-state index in [1.807, 2.05) is 13.8 Å². The van der Waals surface area contributed by atoms with Crippen molar-refractivity contribution in [3.8, 4) is 0 Å². The van der Waals surface area contributed by atoms with Crippen LogP contribution in [0.25, 0.3) is 0 Å². The van der Waals surface area contributed by atoms with E-state index in [0.717, 1.165) is 13.2 Å². The maximum atomic E-state index is 5.57. The van der Waals surface area contributed by atoms with Crippen molar-refractivity contribution in [1.82, 2.24) is 0 Å². The van der Waals surface area contributed by atoms with Gasteiger partial charge in [0.15, 0.2) is 0 Å². The summed E-state index contributed by atoms with van der Waals surface area (Å²) in [6.07, 6.45) is 0.0818. The van der Waals surface area contributed by atoms with E-state index in [1.165, 1.54) is 0 Å². The first-order valence-electron chi connectivity index (χ1n) is 6.58. The molecule has 0 aliphatic carbocycles. The highest BCUT2D eigenvalue weighted by atomic mass is 16.6. The standard InChI is InChI=1S/C14H22O5/c1-9(15-5-13-7-17-13)11(3)19-12(4)10(2)16-6-14-8-18-14/h9-10,13-14H,3-8H2,1-2H3. The van der Waals surface area contributed by atoms with Gasteiger partial charge >= 0.3 is 0 Å². The van der Waals surface area contributed by atoms with Gasteiger partial charge in [0.05, 0.1) is 26.4 Å². The van der Waals surface area contributed by atoms with Gasteiger partial charge in [0, 0.05) is 0 Å². The molecule has 4 unspecified atom stereocenters. The van der Waals surface area contributed by atoms with Crippen molar-refractivity contribution in [3.05, 3.63) is 24.7 Å². The summed E-state index contributed by atoms with van der Waals surface area (Å²) in [5.41, 5.74) is 0. The lowest BCUT2D eigenvalue weighted by molar-refractivity contribution is 0.0163. The predicted molar refractivity (Wildman–Crippen MR) is 69.7 cm³/mol. The van der Waals surface area contributed by atoms with Crippen LogP contribution in [-0.2, 0) is 23.7 Å². The van der Waals surface area contributed by atoms with Crippen LogP contribution in [0, 0.1) is 0 Å². The third kappa shape index (κ3) is 5.32. The molecule has 2 saturated heterocycles. The molecule has 2 aliphatic heterocycles. The van der Waals surface area contributed by atoms with E-state index in [2.05, 4.69) is 13.2 Å². The highest BCUT2D eigenvalue weighted by Crippen LogP contribution is 2.18. The number of rotatable bonds is 10. The Labute approximate surface area is 114 Å². The molecule has 0 saturated carbocycles. The quantitative estimate of drug-likeness (QED) is 0.446. The maximum Gasteiger partial charge on any atom is 0.125 e. The molecular formula is C14H22O5. The van der Waals surface area contributed by atoms with Gasteiger partial charge < -0.3 is 23.7 Å². The van der Waals surface area contributed by atoms with Crippen molar-refractivity contribution in [3.63, 3.8) is 0 Å². The lowest BCUT2D eigenvalue weighted by Crippen LogP contribution is -2.20. The summed E-state index contributed by atoms with van der Waals surface area (Å²) in [4.78, 5) is 0. The molecule has 2 aliphatic rings. The van der Waals surface area contributed by atoms with Gasteiger partial charge in [0.1, 0.15) is 35.9 Å². The zero-order chi connectivity index (χ0) is 13.8. The molecule has 5 nitrogen and oxygen atoms in total. The smallest absolute Gasteiger partial charge is 0.125 e. The van der Waals surface area contributed by atoms with Crippen molar-refractivity contribution < 1.29 is 23.7 Å². The molecular weight excluding hydrogens is 248 g/mol. The van der Waals surface area contributed by atoms with E-state index in [-0.39, 0.29) is 24.4 Å². The zero-order valence-corrected chi connectivity index (χ0v) is 11.6. The average molecular weight is 270 g/mol. The SMILES string of the molecule is C=C(OC(=C)C(C)OCC1CO1)C(C)OCC1CO1. The fourth-order valence-electron chi connectivity index (χ4n) is 1.35. The van der Waals surface area contributed by atoms with Crippen LogP contribution < -0.4 is 0 Å². The van der Waals surface area contributed by atoms with E-state index in [0.29, 0.717) is 24.7 Å². The largest absolute Gasteiger partial charge is 0.462 e. The molecule has 2 rings (SSSR count). The van der Waals surface area contributed by atoms with Crippen molar-refractivity contribution in [1.29, 1.82) is 0 Å². The fourth-order valence-corrected chi connectivity index (χ4v) is 1.35. The Bertz CT molecular complexity index is 301. The second-order valence-electron chi connectivity index (χ2n) is 4.90. The number of hydrogen-bond donors (Lipinski definition) is 0. The van der Waals surface area contributed by atoms with Gasteiger partial charge in [-0.25, -0.2) is 0 Å². The van der Waals surface area contributed by atoms with Gasteiger partial charge in [-0.15, -0.1) is 0 Å². The fraction of sp³-hybridized carbons (Fsp3) is 0.714. The maximum absolute atomic E-state index is 5.57. The van der Waals surface area contributed by atoms with Crippen molar-refractivity contribution in [2.75, 3.05) is 26.4 Å².